The summed E-state index contributed by atoms with van der Waals surface area (Å²) in [4.78, 5) is 15.1. The van der Waals surface area contributed by atoms with Crippen molar-refractivity contribution in [2.45, 2.75) is 6.92 Å². The van der Waals surface area contributed by atoms with E-state index in [0.29, 0.717) is 5.13 Å². The van der Waals surface area contributed by atoms with Crippen LogP contribution in [0.4, 0.5) is 5.13 Å². The number of anilines is 1. The average Bonchev–Trinajstić information content (AvgIpc) is 2.47. The maximum Gasteiger partial charge on any atom is 0.223 e. The molecule has 0 aliphatic rings. The Bertz CT molecular complexity index is 495. The number of nitrogens with one attached hydrogen (secondary N) is 1. The van der Waals surface area contributed by atoms with E-state index in [9.17, 15) is 4.79 Å². The minimum Gasteiger partial charge on any atom is -0.302 e. The number of carbonyl (C=O) groups excluding carboxylic acids is 1. The number of benzene rings is 1. The van der Waals surface area contributed by atoms with E-state index in [0.717, 1.165) is 10.2 Å². The average molecular weight is 204 g/mol. The molecule has 1 amide bonds. The van der Waals surface area contributed by atoms with Gasteiger partial charge in [-0.15, -0.1) is 0 Å². The Hall–Kier alpha value is -1.36. The molecule has 0 atom stereocenters. The molecule has 0 saturated carbocycles. The fourth-order valence-electron chi connectivity index (χ4n) is 1.29. The van der Waals surface area contributed by atoms with Gasteiger partial charge in [0.15, 0.2) is 5.13 Å². The second-order valence-corrected chi connectivity index (χ2v) is 4.12. The van der Waals surface area contributed by atoms with Crippen LogP contribution in [-0.2, 0) is 4.79 Å². The zero-order valence-corrected chi connectivity index (χ0v) is 8.81. The SMILES string of the molecule is Bc1cccc2nc(NC(C)=O)sc12. The largest absolute Gasteiger partial charge is 0.302 e. The number of hydrogen-bond donors (Lipinski definition) is 1. The smallest absolute Gasteiger partial charge is 0.223 e. The van der Waals surface area contributed by atoms with Crippen LogP contribution >= 0.6 is 11.3 Å². The number of hydrogen-bond acceptors (Lipinski definition) is 3. The fourth-order valence-corrected chi connectivity index (χ4v) is 2.27. The lowest BCUT2D eigenvalue weighted by atomic mass is 9.96. The molecule has 0 spiro atoms. The van der Waals surface area contributed by atoms with Crippen molar-refractivity contribution in [3.63, 3.8) is 0 Å². The van der Waals surface area contributed by atoms with Crippen molar-refractivity contribution in [1.29, 1.82) is 0 Å². The normalized spacial score (nSPS) is 10.4. The van der Waals surface area contributed by atoms with E-state index in [-0.39, 0.29) is 5.91 Å². The van der Waals surface area contributed by atoms with Crippen molar-refractivity contribution in [1.82, 2.24) is 4.98 Å². The number of thiazole rings is 1. The Morgan fingerprint density at radius 1 is 1.57 bits per heavy atom. The van der Waals surface area contributed by atoms with Gasteiger partial charge in [0.25, 0.3) is 0 Å². The standard InChI is InChI=1S/C9H9BN2OS/c1-5(13)11-9-12-7-4-2-3-6(10)8(7)14-9/h2-4H,10H2,1H3,(H,11,12,13). The summed E-state index contributed by atoms with van der Waals surface area (Å²) in [6, 6.07) is 5.96. The molecule has 70 valence electrons. The third-order valence-corrected chi connectivity index (χ3v) is 3.02. The highest BCUT2D eigenvalue weighted by Gasteiger charge is 2.05. The highest BCUT2D eigenvalue weighted by Crippen LogP contribution is 2.23. The lowest BCUT2D eigenvalue weighted by Gasteiger charge is -1.91. The van der Waals surface area contributed by atoms with E-state index in [1.807, 2.05) is 26.0 Å². The van der Waals surface area contributed by atoms with Crippen LogP contribution in [0.1, 0.15) is 6.92 Å². The van der Waals surface area contributed by atoms with Crippen LogP contribution in [0.15, 0.2) is 18.2 Å². The van der Waals surface area contributed by atoms with Gasteiger partial charge in [-0.25, -0.2) is 4.98 Å². The van der Waals surface area contributed by atoms with Crippen molar-refractivity contribution in [2.75, 3.05) is 5.32 Å². The summed E-state index contributed by atoms with van der Waals surface area (Å²) in [7, 11) is 2.04. The van der Waals surface area contributed by atoms with Gasteiger partial charge in [0.05, 0.1) is 10.2 Å². The molecular weight excluding hydrogens is 195 g/mol. The maximum atomic E-state index is 10.8. The first kappa shape index (κ1) is 9.21. The molecule has 0 fully saturated rings. The predicted molar refractivity (Wildman–Crippen MR) is 62.1 cm³/mol. The first-order valence-electron chi connectivity index (χ1n) is 4.30. The van der Waals surface area contributed by atoms with E-state index < -0.39 is 0 Å². The van der Waals surface area contributed by atoms with Crippen molar-refractivity contribution in [2.24, 2.45) is 0 Å². The van der Waals surface area contributed by atoms with Gasteiger partial charge in [-0.05, 0) is 6.07 Å². The number of nitrogens with zero attached hydrogens (tertiary/aromatic N) is 1. The first-order chi connectivity index (χ1) is 6.66. The Balaban J connectivity index is 2.51. The van der Waals surface area contributed by atoms with Crippen LogP contribution < -0.4 is 10.8 Å². The quantitative estimate of drug-likeness (QED) is 0.687. The summed E-state index contributed by atoms with van der Waals surface area (Å²) in [6.07, 6.45) is 0. The molecule has 1 heterocycles. The number of aromatic nitrogens is 1. The molecule has 0 radical (unpaired) electrons. The highest BCUT2D eigenvalue weighted by atomic mass is 32.1. The molecule has 0 aliphatic heterocycles. The summed E-state index contributed by atoms with van der Waals surface area (Å²) < 4.78 is 1.14. The lowest BCUT2D eigenvalue weighted by molar-refractivity contribution is -0.114. The van der Waals surface area contributed by atoms with Crippen LogP contribution in [0, 0.1) is 0 Å². The molecule has 5 heteroatoms. The summed E-state index contributed by atoms with van der Waals surface area (Å²) in [5.74, 6) is -0.0818. The fraction of sp³-hybridized carbons (Fsp3) is 0.111. The molecule has 1 aromatic heterocycles. The molecule has 1 aromatic carbocycles. The van der Waals surface area contributed by atoms with E-state index in [1.54, 1.807) is 0 Å². The van der Waals surface area contributed by atoms with Gasteiger partial charge >= 0.3 is 0 Å². The van der Waals surface area contributed by atoms with Gasteiger partial charge < -0.3 is 5.32 Å². The van der Waals surface area contributed by atoms with Crippen molar-refractivity contribution >= 4 is 45.9 Å². The zero-order chi connectivity index (χ0) is 10.1. The van der Waals surface area contributed by atoms with Crippen molar-refractivity contribution in [3.8, 4) is 0 Å². The molecule has 2 aromatic rings. The van der Waals surface area contributed by atoms with E-state index in [4.69, 9.17) is 0 Å². The zero-order valence-electron chi connectivity index (χ0n) is 8.00. The van der Waals surface area contributed by atoms with Gasteiger partial charge in [0.1, 0.15) is 7.85 Å². The molecule has 1 N–H and O–H groups in total. The summed E-state index contributed by atoms with van der Waals surface area (Å²) in [5.41, 5.74) is 2.13. The summed E-state index contributed by atoms with van der Waals surface area (Å²) >= 11 is 1.51. The van der Waals surface area contributed by atoms with E-state index >= 15 is 0 Å². The van der Waals surface area contributed by atoms with Crippen molar-refractivity contribution in [3.05, 3.63) is 18.2 Å². The number of amides is 1. The topological polar surface area (TPSA) is 42.0 Å². The number of rotatable bonds is 1. The van der Waals surface area contributed by atoms with Crippen LogP contribution in [0.25, 0.3) is 10.2 Å². The van der Waals surface area contributed by atoms with E-state index in [1.165, 1.54) is 23.7 Å². The third-order valence-electron chi connectivity index (χ3n) is 1.89. The molecular formula is C9H9BN2OS. The molecule has 14 heavy (non-hydrogen) atoms. The molecule has 2 rings (SSSR count). The second-order valence-electron chi connectivity index (χ2n) is 3.12. The Labute approximate surface area is 86.6 Å². The van der Waals surface area contributed by atoms with Gasteiger partial charge in [-0.3, -0.25) is 4.79 Å². The van der Waals surface area contributed by atoms with Gasteiger partial charge in [0, 0.05) is 6.92 Å². The van der Waals surface area contributed by atoms with Crippen LogP contribution in [0.3, 0.4) is 0 Å². The Morgan fingerprint density at radius 3 is 3.00 bits per heavy atom. The predicted octanol–water partition coefficient (Wildman–Crippen LogP) is 0.513. The van der Waals surface area contributed by atoms with Gasteiger partial charge in [-0.1, -0.05) is 28.9 Å². The Kier molecular flexibility index (Phi) is 2.25. The third kappa shape index (κ3) is 1.63. The van der Waals surface area contributed by atoms with Gasteiger partial charge in [-0.2, -0.15) is 0 Å². The molecule has 0 saturated heterocycles. The minimum atomic E-state index is -0.0818. The number of fused-ring (bicyclic) bond motifs is 1. The Morgan fingerprint density at radius 2 is 2.36 bits per heavy atom. The molecule has 0 unspecified atom stereocenters. The number of carbonyl (C=O) groups is 1. The second kappa shape index (κ2) is 3.42. The van der Waals surface area contributed by atoms with E-state index in [2.05, 4.69) is 10.3 Å². The highest BCUT2D eigenvalue weighted by molar-refractivity contribution is 7.23. The van der Waals surface area contributed by atoms with Crippen molar-refractivity contribution < 1.29 is 4.79 Å². The molecule has 0 aliphatic carbocycles. The van der Waals surface area contributed by atoms with Crippen LogP contribution in [-0.4, -0.2) is 18.7 Å². The van der Waals surface area contributed by atoms with Crippen LogP contribution in [0.2, 0.25) is 0 Å². The maximum absolute atomic E-state index is 10.8. The molecule has 3 nitrogen and oxygen atoms in total. The first-order valence-corrected chi connectivity index (χ1v) is 5.12. The van der Waals surface area contributed by atoms with Crippen LogP contribution in [0.5, 0.6) is 0 Å². The monoisotopic (exact) mass is 204 g/mol. The lowest BCUT2D eigenvalue weighted by Crippen LogP contribution is -2.04. The minimum absolute atomic E-state index is 0.0818. The van der Waals surface area contributed by atoms with Gasteiger partial charge in [0.2, 0.25) is 5.91 Å². The molecule has 0 bridgehead atoms. The summed E-state index contributed by atoms with van der Waals surface area (Å²) in [5, 5.41) is 3.36. The summed E-state index contributed by atoms with van der Waals surface area (Å²) in [6.45, 7) is 1.49.